The van der Waals surface area contributed by atoms with Gasteiger partial charge in [0.05, 0.1) is 6.61 Å². The molecule has 0 saturated carbocycles. The number of rotatable bonds is 5. The molecule has 0 atom stereocenters. The van der Waals surface area contributed by atoms with Crippen molar-refractivity contribution >= 4 is 0 Å². The first-order valence-corrected chi connectivity index (χ1v) is 7.25. The highest BCUT2D eigenvalue weighted by atomic mass is 16.5. The van der Waals surface area contributed by atoms with E-state index in [-0.39, 0.29) is 0 Å². The maximum absolute atomic E-state index is 6.00. The molecular formula is C20H18O. The van der Waals surface area contributed by atoms with E-state index in [0.29, 0.717) is 6.61 Å². The summed E-state index contributed by atoms with van der Waals surface area (Å²) < 4.78 is 6.00. The number of benzene rings is 3. The third kappa shape index (κ3) is 3.51. The van der Waals surface area contributed by atoms with Gasteiger partial charge in [0.2, 0.25) is 0 Å². The molecule has 0 aliphatic rings. The molecule has 0 aromatic heterocycles. The van der Waals surface area contributed by atoms with Crippen LogP contribution in [0.15, 0.2) is 84.9 Å². The van der Waals surface area contributed by atoms with Crippen LogP contribution in [0.1, 0.15) is 5.56 Å². The van der Waals surface area contributed by atoms with Gasteiger partial charge in [-0.05, 0) is 17.2 Å². The second kappa shape index (κ2) is 6.76. The normalized spacial score (nSPS) is 10.3. The van der Waals surface area contributed by atoms with Gasteiger partial charge in [-0.25, -0.2) is 0 Å². The van der Waals surface area contributed by atoms with Gasteiger partial charge in [0, 0.05) is 12.0 Å². The molecule has 0 radical (unpaired) electrons. The van der Waals surface area contributed by atoms with Crippen molar-refractivity contribution in [3.8, 4) is 16.9 Å². The number of hydrogen-bond donors (Lipinski definition) is 0. The lowest BCUT2D eigenvalue weighted by atomic mass is 10.0. The minimum absolute atomic E-state index is 0.688. The van der Waals surface area contributed by atoms with Crippen LogP contribution in [-0.2, 0) is 6.42 Å². The first-order valence-electron chi connectivity index (χ1n) is 7.25. The van der Waals surface area contributed by atoms with Crippen LogP contribution in [0.3, 0.4) is 0 Å². The van der Waals surface area contributed by atoms with Crippen molar-refractivity contribution in [2.75, 3.05) is 6.61 Å². The van der Waals surface area contributed by atoms with Gasteiger partial charge in [0.15, 0.2) is 0 Å². The van der Waals surface area contributed by atoms with Gasteiger partial charge in [-0.2, -0.15) is 0 Å². The molecule has 0 unspecified atom stereocenters. The first-order chi connectivity index (χ1) is 10.4. The fourth-order valence-electron chi connectivity index (χ4n) is 2.37. The Labute approximate surface area is 125 Å². The summed E-state index contributed by atoms with van der Waals surface area (Å²) in [6.07, 6.45) is 0.921. The highest BCUT2D eigenvalue weighted by molar-refractivity contribution is 5.70. The molecular weight excluding hydrogens is 256 g/mol. The summed E-state index contributed by atoms with van der Waals surface area (Å²) in [6, 6.07) is 29.0. The van der Waals surface area contributed by atoms with E-state index in [1.165, 1.54) is 11.1 Å². The van der Waals surface area contributed by atoms with Crippen LogP contribution in [0, 0.1) is 0 Å². The molecule has 0 saturated heterocycles. The Morgan fingerprint density at radius 1 is 0.619 bits per heavy atom. The fourth-order valence-corrected chi connectivity index (χ4v) is 2.37. The predicted molar refractivity (Wildman–Crippen MR) is 87.5 cm³/mol. The Kier molecular flexibility index (Phi) is 4.33. The Balaban J connectivity index is 1.71. The molecule has 0 amide bonds. The summed E-state index contributed by atoms with van der Waals surface area (Å²) in [5.74, 6) is 0.944. The second-order valence-corrected chi connectivity index (χ2v) is 4.95. The van der Waals surface area contributed by atoms with E-state index in [4.69, 9.17) is 4.74 Å². The smallest absolute Gasteiger partial charge is 0.127 e. The molecule has 0 N–H and O–H groups in total. The van der Waals surface area contributed by atoms with Crippen LogP contribution in [-0.4, -0.2) is 6.61 Å². The van der Waals surface area contributed by atoms with E-state index in [0.717, 1.165) is 17.7 Å². The zero-order valence-corrected chi connectivity index (χ0v) is 11.9. The van der Waals surface area contributed by atoms with Crippen LogP contribution in [0.2, 0.25) is 0 Å². The molecule has 0 heterocycles. The molecule has 1 nitrogen and oxygen atoms in total. The molecule has 3 aromatic rings. The molecule has 1 heteroatoms. The molecule has 0 fully saturated rings. The Morgan fingerprint density at radius 2 is 1.24 bits per heavy atom. The maximum atomic E-state index is 6.00. The van der Waals surface area contributed by atoms with E-state index in [9.17, 15) is 0 Å². The van der Waals surface area contributed by atoms with E-state index in [1.54, 1.807) is 0 Å². The van der Waals surface area contributed by atoms with Gasteiger partial charge in [0.25, 0.3) is 0 Å². The molecule has 21 heavy (non-hydrogen) atoms. The van der Waals surface area contributed by atoms with Crippen molar-refractivity contribution in [1.29, 1.82) is 0 Å². The van der Waals surface area contributed by atoms with Gasteiger partial charge < -0.3 is 4.74 Å². The standard InChI is InChI=1S/C20H18O/c1-3-9-17(10-4-1)15-16-21-20-14-8-7-13-19(20)18-11-5-2-6-12-18/h1-14H,15-16H2. The summed E-state index contributed by atoms with van der Waals surface area (Å²) in [5.41, 5.74) is 3.63. The van der Waals surface area contributed by atoms with Gasteiger partial charge in [-0.1, -0.05) is 78.9 Å². The van der Waals surface area contributed by atoms with Crippen molar-refractivity contribution in [1.82, 2.24) is 0 Å². The largest absolute Gasteiger partial charge is 0.493 e. The van der Waals surface area contributed by atoms with E-state index in [1.807, 2.05) is 30.3 Å². The lowest BCUT2D eigenvalue weighted by Gasteiger charge is -2.11. The van der Waals surface area contributed by atoms with Gasteiger partial charge in [-0.15, -0.1) is 0 Å². The monoisotopic (exact) mass is 274 g/mol. The number of hydrogen-bond acceptors (Lipinski definition) is 1. The van der Waals surface area contributed by atoms with Crippen molar-refractivity contribution in [3.63, 3.8) is 0 Å². The van der Waals surface area contributed by atoms with Crippen molar-refractivity contribution in [3.05, 3.63) is 90.5 Å². The van der Waals surface area contributed by atoms with Crippen LogP contribution in [0.25, 0.3) is 11.1 Å². The summed E-state index contributed by atoms with van der Waals surface area (Å²) >= 11 is 0. The van der Waals surface area contributed by atoms with Gasteiger partial charge in [0.1, 0.15) is 5.75 Å². The highest BCUT2D eigenvalue weighted by Gasteiger charge is 2.05. The van der Waals surface area contributed by atoms with E-state index >= 15 is 0 Å². The molecule has 3 aromatic carbocycles. The summed E-state index contributed by atoms with van der Waals surface area (Å²) in [4.78, 5) is 0. The average molecular weight is 274 g/mol. The summed E-state index contributed by atoms with van der Waals surface area (Å²) in [5, 5.41) is 0. The molecule has 3 rings (SSSR count). The number of para-hydroxylation sites is 1. The van der Waals surface area contributed by atoms with Gasteiger partial charge in [-0.3, -0.25) is 0 Å². The van der Waals surface area contributed by atoms with Crippen LogP contribution in [0.4, 0.5) is 0 Å². The SMILES string of the molecule is c1ccc(CCOc2ccccc2-c2ccccc2)cc1. The molecule has 0 aliphatic carbocycles. The zero-order chi connectivity index (χ0) is 14.3. The van der Waals surface area contributed by atoms with E-state index in [2.05, 4.69) is 54.6 Å². The third-order valence-electron chi connectivity index (χ3n) is 3.46. The molecule has 0 aliphatic heterocycles. The fraction of sp³-hybridized carbons (Fsp3) is 0.100. The van der Waals surface area contributed by atoms with Crippen LogP contribution >= 0.6 is 0 Å². The van der Waals surface area contributed by atoms with Crippen molar-refractivity contribution < 1.29 is 4.74 Å². The van der Waals surface area contributed by atoms with E-state index < -0.39 is 0 Å². The second-order valence-electron chi connectivity index (χ2n) is 4.95. The lowest BCUT2D eigenvalue weighted by Crippen LogP contribution is -2.02. The quantitative estimate of drug-likeness (QED) is 0.638. The lowest BCUT2D eigenvalue weighted by molar-refractivity contribution is 0.323. The highest BCUT2D eigenvalue weighted by Crippen LogP contribution is 2.29. The third-order valence-corrected chi connectivity index (χ3v) is 3.46. The van der Waals surface area contributed by atoms with Crippen LogP contribution < -0.4 is 4.74 Å². The van der Waals surface area contributed by atoms with Crippen molar-refractivity contribution in [2.45, 2.75) is 6.42 Å². The zero-order valence-electron chi connectivity index (χ0n) is 11.9. The van der Waals surface area contributed by atoms with Gasteiger partial charge >= 0.3 is 0 Å². The predicted octanol–water partition coefficient (Wildman–Crippen LogP) is 4.98. The average Bonchev–Trinajstić information content (AvgIpc) is 2.57. The number of ether oxygens (including phenoxy) is 1. The molecule has 104 valence electrons. The van der Waals surface area contributed by atoms with Crippen molar-refractivity contribution in [2.24, 2.45) is 0 Å². The molecule has 0 bridgehead atoms. The van der Waals surface area contributed by atoms with Crippen LogP contribution in [0.5, 0.6) is 5.75 Å². The topological polar surface area (TPSA) is 9.23 Å². The summed E-state index contributed by atoms with van der Waals surface area (Å²) in [6.45, 7) is 0.688. The molecule has 0 spiro atoms. The summed E-state index contributed by atoms with van der Waals surface area (Å²) in [7, 11) is 0. The first kappa shape index (κ1) is 13.4. The Hall–Kier alpha value is -2.54. The Bertz CT molecular complexity index is 674. The minimum atomic E-state index is 0.688. The maximum Gasteiger partial charge on any atom is 0.127 e. The minimum Gasteiger partial charge on any atom is -0.493 e. The Morgan fingerprint density at radius 3 is 2.00 bits per heavy atom.